The first-order valence-corrected chi connectivity index (χ1v) is 7.79. The van der Waals surface area contributed by atoms with Gasteiger partial charge in [0.1, 0.15) is 5.60 Å². The SMILES string of the molecule is CN(C)CCCNCCN(C(=O)OC(C)(C)C)C(C)(C)C. The highest BCUT2D eigenvalue weighted by atomic mass is 16.6. The minimum atomic E-state index is -0.459. The fourth-order valence-electron chi connectivity index (χ4n) is 1.85. The largest absolute Gasteiger partial charge is 0.444 e. The second-order valence-electron chi connectivity index (χ2n) is 7.71. The van der Waals surface area contributed by atoms with E-state index in [0.717, 1.165) is 26.1 Å². The third kappa shape index (κ3) is 10.5. The van der Waals surface area contributed by atoms with Crippen molar-refractivity contribution in [2.24, 2.45) is 0 Å². The zero-order valence-corrected chi connectivity index (χ0v) is 15.2. The molecule has 0 aromatic carbocycles. The van der Waals surface area contributed by atoms with Gasteiger partial charge in [0.25, 0.3) is 0 Å². The summed E-state index contributed by atoms with van der Waals surface area (Å²) in [7, 11) is 4.15. The fraction of sp³-hybridized carbons (Fsp3) is 0.938. The van der Waals surface area contributed by atoms with Crippen LogP contribution in [-0.2, 0) is 4.74 Å². The lowest BCUT2D eigenvalue weighted by atomic mass is 10.1. The minimum Gasteiger partial charge on any atom is -0.444 e. The van der Waals surface area contributed by atoms with Gasteiger partial charge in [-0.3, -0.25) is 0 Å². The molecule has 1 N–H and O–H groups in total. The number of carbonyl (C=O) groups is 1. The molecule has 0 aromatic rings. The van der Waals surface area contributed by atoms with Crippen LogP contribution in [0.25, 0.3) is 0 Å². The van der Waals surface area contributed by atoms with Crippen LogP contribution in [0.4, 0.5) is 4.79 Å². The monoisotopic (exact) mass is 301 g/mol. The summed E-state index contributed by atoms with van der Waals surface area (Å²) >= 11 is 0. The van der Waals surface area contributed by atoms with Gasteiger partial charge in [-0.25, -0.2) is 4.79 Å². The van der Waals surface area contributed by atoms with Crippen LogP contribution in [0.3, 0.4) is 0 Å². The van der Waals surface area contributed by atoms with Gasteiger partial charge < -0.3 is 19.9 Å². The normalized spacial score (nSPS) is 12.6. The van der Waals surface area contributed by atoms with Crippen LogP contribution in [0.2, 0.25) is 0 Å². The average Bonchev–Trinajstić information content (AvgIpc) is 2.22. The molecule has 0 radical (unpaired) electrons. The van der Waals surface area contributed by atoms with Crippen molar-refractivity contribution in [3.8, 4) is 0 Å². The van der Waals surface area contributed by atoms with E-state index in [1.54, 1.807) is 4.90 Å². The van der Waals surface area contributed by atoms with E-state index in [9.17, 15) is 4.79 Å². The van der Waals surface area contributed by atoms with Gasteiger partial charge in [0, 0.05) is 18.6 Å². The first-order valence-electron chi connectivity index (χ1n) is 7.79. The van der Waals surface area contributed by atoms with E-state index in [1.807, 2.05) is 41.5 Å². The van der Waals surface area contributed by atoms with Gasteiger partial charge in [0.05, 0.1) is 0 Å². The number of nitrogens with one attached hydrogen (secondary N) is 1. The van der Waals surface area contributed by atoms with Crippen molar-refractivity contribution >= 4 is 6.09 Å². The summed E-state index contributed by atoms with van der Waals surface area (Å²) in [4.78, 5) is 16.2. The van der Waals surface area contributed by atoms with Crippen LogP contribution < -0.4 is 5.32 Å². The molecule has 0 saturated heterocycles. The number of rotatable bonds is 7. The molecule has 0 rings (SSSR count). The molecule has 0 aromatic heterocycles. The van der Waals surface area contributed by atoms with Crippen molar-refractivity contribution < 1.29 is 9.53 Å². The van der Waals surface area contributed by atoms with Gasteiger partial charge in [0.15, 0.2) is 0 Å². The molecule has 0 fully saturated rings. The van der Waals surface area contributed by atoms with E-state index in [4.69, 9.17) is 4.74 Å². The number of carbonyl (C=O) groups excluding carboxylic acids is 1. The number of ether oxygens (including phenoxy) is 1. The van der Waals surface area contributed by atoms with Gasteiger partial charge in [-0.05, 0) is 75.1 Å². The van der Waals surface area contributed by atoms with E-state index < -0.39 is 5.60 Å². The lowest BCUT2D eigenvalue weighted by Crippen LogP contribution is -2.50. The van der Waals surface area contributed by atoms with E-state index in [2.05, 4.69) is 24.3 Å². The molecule has 21 heavy (non-hydrogen) atoms. The summed E-state index contributed by atoms with van der Waals surface area (Å²) < 4.78 is 5.49. The van der Waals surface area contributed by atoms with Crippen LogP contribution in [0.15, 0.2) is 0 Å². The Morgan fingerprint density at radius 3 is 2.00 bits per heavy atom. The number of amides is 1. The number of hydrogen-bond acceptors (Lipinski definition) is 4. The van der Waals surface area contributed by atoms with Crippen LogP contribution in [0, 0.1) is 0 Å². The van der Waals surface area contributed by atoms with Crippen LogP contribution >= 0.6 is 0 Å². The lowest BCUT2D eigenvalue weighted by Gasteiger charge is -2.37. The van der Waals surface area contributed by atoms with Crippen molar-refractivity contribution in [2.45, 2.75) is 59.1 Å². The maximum absolute atomic E-state index is 12.3. The van der Waals surface area contributed by atoms with Gasteiger partial charge in [0.2, 0.25) is 0 Å². The molecule has 0 bridgehead atoms. The number of nitrogens with zero attached hydrogens (tertiary/aromatic N) is 2. The highest BCUT2D eigenvalue weighted by molar-refractivity contribution is 5.69. The molecule has 0 atom stereocenters. The van der Waals surface area contributed by atoms with Gasteiger partial charge >= 0.3 is 6.09 Å². The Hall–Kier alpha value is -0.810. The fourth-order valence-corrected chi connectivity index (χ4v) is 1.85. The zero-order chi connectivity index (χ0) is 16.7. The summed E-state index contributed by atoms with van der Waals surface area (Å²) in [5.41, 5.74) is -0.701. The molecule has 0 saturated carbocycles. The molecule has 5 nitrogen and oxygen atoms in total. The average molecular weight is 301 g/mol. The lowest BCUT2D eigenvalue weighted by molar-refractivity contribution is 0.00665. The third-order valence-corrected chi connectivity index (χ3v) is 2.89. The Labute approximate surface area is 131 Å². The first kappa shape index (κ1) is 20.2. The number of hydrogen-bond donors (Lipinski definition) is 1. The Morgan fingerprint density at radius 1 is 1.00 bits per heavy atom. The Balaban J connectivity index is 4.24. The van der Waals surface area contributed by atoms with Crippen LogP contribution in [0.5, 0.6) is 0 Å². The van der Waals surface area contributed by atoms with E-state index in [1.165, 1.54) is 0 Å². The molecule has 1 amide bonds. The topological polar surface area (TPSA) is 44.8 Å². The zero-order valence-electron chi connectivity index (χ0n) is 15.2. The standard InChI is InChI=1S/C16H35N3O2/c1-15(2,3)19(14(20)21-16(4,5)6)13-11-17-10-9-12-18(7)8/h17H,9-13H2,1-8H3. The summed E-state index contributed by atoms with van der Waals surface area (Å²) in [6.07, 6.45) is 0.861. The highest BCUT2D eigenvalue weighted by Gasteiger charge is 2.30. The highest BCUT2D eigenvalue weighted by Crippen LogP contribution is 2.17. The molecule has 0 aliphatic heterocycles. The first-order chi connectivity index (χ1) is 9.43. The van der Waals surface area contributed by atoms with Gasteiger partial charge in [-0.15, -0.1) is 0 Å². The van der Waals surface area contributed by atoms with E-state index in [0.29, 0.717) is 6.54 Å². The predicted molar refractivity (Wildman–Crippen MR) is 88.7 cm³/mol. The summed E-state index contributed by atoms with van der Waals surface area (Å²) in [6, 6.07) is 0. The summed E-state index contributed by atoms with van der Waals surface area (Å²) in [5.74, 6) is 0. The quantitative estimate of drug-likeness (QED) is 0.734. The van der Waals surface area contributed by atoms with Crippen molar-refractivity contribution in [1.82, 2.24) is 15.1 Å². The maximum Gasteiger partial charge on any atom is 0.410 e. The molecular weight excluding hydrogens is 266 g/mol. The Bertz CT molecular complexity index is 304. The van der Waals surface area contributed by atoms with Crippen molar-refractivity contribution in [3.05, 3.63) is 0 Å². The van der Waals surface area contributed by atoms with E-state index >= 15 is 0 Å². The van der Waals surface area contributed by atoms with E-state index in [-0.39, 0.29) is 11.6 Å². The third-order valence-electron chi connectivity index (χ3n) is 2.89. The van der Waals surface area contributed by atoms with Crippen molar-refractivity contribution in [3.63, 3.8) is 0 Å². The molecular formula is C16H35N3O2. The molecule has 0 heterocycles. The molecule has 5 heteroatoms. The predicted octanol–water partition coefficient (Wildman–Crippen LogP) is 2.56. The molecule has 0 unspecified atom stereocenters. The van der Waals surface area contributed by atoms with Crippen LogP contribution in [-0.4, -0.2) is 67.3 Å². The molecule has 0 spiro atoms. The van der Waals surface area contributed by atoms with Gasteiger partial charge in [-0.1, -0.05) is 0 Å². The summed E-state index contributed by atoms with van der Waals surface area (Å²) in [5, 5.41) is 3.38. The second kappa shape index (κ2) is 8.59. The summed E-state index contributed by atoms with van der Waals surface area (Å²) in [6.45, 7) is 15.2. The van der Waals surface area contributed by atoms with Crippen LogP contribution in [0.1, 0.15) is 48.0 Å². The smallest absolute Gasteiger partial charge is 0.410 e. The van der Waals surface area contributed by atoms with Crippen molar-refractivity contribution in [2.75, 3.05) is 40.3 Å². The molecule has 126 valence electrons. The minimum absolute atomic E-state index is 0.242. The Morgan fingerprint density at radius 2 is 1.57 bits per heavy atom. The second-order valence-corrected chi connectivity index (χ2v) is 7.71. The maximum atomic E-state index is 12.3. The van der Waals surface area contributed by atoms with Crippen molar-refractivity contribution in [1.29, 1.82) is 0 Å². The molecule has 0 aliphatic rings. The Kier molecular flexibility index (Phi) is 8.26. The van der Waals surface area contributed by atoms with Gasteiger partial charge in [-0.2, -0.15) is 0 Å². The molecule has 0 aliphatic carbocycles.